The molecule has 25 heavy (non-hydrogen) atoms. The van der Waals surface area contributed by atoms with Crippen LogP contribution >= 0.6 is 0 Å². The van der Waals surface area contributed by atoms with Crippen LogP contribution in [0.5, 0.6) is 5.75 Å². The molecule has 0 aliphatic carbocycles. The highest BCUT2D eigenvalue weighted by molar-refractivity contribution is 6.02. The van der Waals surface area contributed by atoms with Gasteiger partial charge >= 0.3 is 5.97 Å². The van der Waals surface area contributed by atoms with Crippen LogP contribution in [-0.2, 0) is 9.53 Å². The van der Waals surface area contributed by atoms with Gasteiger partial charge in [0.15, 0.2) is 6.10 Å². The Morgan fingerprint density at radius 3 is 2.36 bits per heavy atom. The fourth-order valence-electron chi connectivity index (χ4n) is 2.37. The zero-order chi connectivity index (χ0) is 18.4. The summed E-state index contributed by atoms with van der Waals surface area (Å²) < 4.78 is 10.3. The van der Waals surface area contributed by atoms with Crippen molar-refractivity contribution in [3.05, 3.63) is 70.8 Å². The van der Waals surface area contributed by atoms with Crippen LogP contribution < -0.4 is 4.74 Å². The Morgan fingerprint density at radius 1 is 1.04 bits per heavy atom. The van der Waals surface area contributed by atoms with Crippen molar-refractivity contribution in [2.75, 3.05) is 7.11 Å². The van der Waals surface area contributed by atoms with Gasteiger partial charge in [-0.15, -0.1) is 0 Å². The predicted molar refractivity (Wildman–Crippen MR) is 97.8 cm³/mol. The summed E-state index contributed by atoms with van der Waals surface area (Å²) in [5.41, 5.74) is 3.28. The summed E-state index contributed by atoms with van der Waals surface area (Å²) >= 11 is 0. The number of esters is 1. The first-order chi connectivity index (χ1) is 11.9. The van der Waals surface area contributed by atoms with Gasteiger partial charge in [0.2, 0.25) is 5.78 Å². The Labute approximate surface area is 148 Å². The summed E-state index contributed by atoms with van der Waals surface area (Å²) in [6, 6.07) is 12.9. The summed E-state index contributed by atoms with van der Waals surface area (Å²) in [7, 11) is 1.59. The molecule has 4 nitrogen and oxygen atoms in total. The Balaban J connectivity index is 2.00. The molecule has 2 rings (SSSR count). The Kier molecular flexibility index (Phi) is 6.12. The molecular formula is C21H22O4. The monoisotopic (exact) mass is 338 g/mol. The molecule has 0 amide bonds. The number of methoxy groups -OCH3 is 1. The molecule has 0 aromatic heterocycles. The maximum Gasteiger partial charge on any atom is 0.331 e. The largest absolute Gasteiger partial charge is 0.497 e. The van der Waals surface area contributed by atoms with Crippen molar-refractivity contribution in [3.63, 3.8) is 0 Å². The minimum Gasteiger partial charge on any atom is -0.497 e. The van der Waals surface area contributed by atoms with E-state index >= 15 is 0 Å². The topological polar surface area (TPSA) is 52.6 Å². The Bertz CT molecular complexity index is 788. The third-order valence-electron chi connectivity index (χ3n) is 3.85. The molecular weight excluding hydrogens is 316 g/mol. The molecule has 1 atom stereocenters. The smallest absolute Gasteiger partial charge is 0.331 e. The molecule has 0 saturated carbocycles. The molecule has 0 radical (unpaired) electrons. The molecule has 0 aliphatic rings. The number of carbonyl (C=O) groups is 2. The SMILES string of the molecule is COc1ccc(/C=C/C(=O)O[C@@H](C)C(=O)c2cc(C)ccc2C)cc1. The van der Waals surface area contributed by atoms with E-state index in [1.807, 2.05) is 44.2 Å². The van der Waals surface area contributed by atoms with Crippen LogP contribution in [0.2, 0.25) is 0 Å². The van der Waals surface area contributed by atoms with Gasteiger partial charge in [-0.2, -0.15) is 0 Å². The average Bonchev–Trinajstić information content (AvgIpc) is 2.61. The maximum atomic E-state index is 12.5. The first-order valence-corrected chi connectivity index (χ1v) is 8.05. The highest BCUT2D eigenvalue weighted by atomic mass is 16.5. The van der Waals surface area contributed by atoms with Crippen molar-refractivity contribution < 1.29 is 19.1 Å². The number of carbonyl (C=O) groups excluding carboxylic acids is 2. The van der Waals surface area contributed by atoms with Gasteiger partial charge in [-0.1, -0.05) is 29.8 Å². The lowest BCUT2D eigenvalue weighted by atomic mass is 9.99. The first-order valence-electron chi connectivity index (χ1n) is 8.05. The molecule has 2 aromatic rings. The fourth-order valence-corrected chi connectivity index (χ4v) is 2.37. The van der Waals surface area contributed by atoms with Crippen LogP contribution in [0.25, 0.3) is 6.08 Å². The highest BCUT2D eigenvalue weighted by Crippen LogP contribution is 2.15. The molecule has 0 bridgehead atoms. The summed E-state index contributed by atoms with van der Waals surface area (Å²) in [5, 5.41) is 0. The predicted octanol–water partition coefficient (Wildman–Crippen LogP) is 4.14. The molecule has 0 fully saturated rings. The Hall–Kier alpha value is -2.88. The van der Waals surface area contributed by atoms with E-state index in [9.17, 15) is 9.59 Å². The third kappa shape index (κ3) is 5.05. The van der Waals surface area contributed by atoms with Crippen LogP contribution in [0.4, 0.5) is 0 Å². The Morgan fingerprint density at radius 2 is 1.72 bits per heavy atom. The van der Waals surface area contributed by atoms with Crippen LogP contribution in [0.1, 0.15) is 34.0 Å². The lowest BCUT2D eigenvalue weighted by Gasteiger charge is -2.13. The van der Waals surface area contributed by atoms with Crippen LogP contribution in [0.15, 0.2) is 48.5 Å². The number of ether oxygens (including phenoxy) is 2. The van der Waals surface area contributed by atoms with Gasteiger partial charge in [0.1, 0.15) is 5.75 Å². The van der Waals surface area contributed by atoms with Crippen LogP contribution in [0, 0.1) is 13.8 Å². The minimum absolute atomic E-state index is 0.201. The summed E-state index contributed by atoms with van der Waals surface area (Å²) in [4.78, 5) is 24.4. The van der Waals surface area contributed by atoms with Crippen molar-refractivity contribution in [1.82, 2.24) is 0 Å². The van der Waals surface area contributed by atoms with Crippen molar-refractivity contribution in [2.45, 2.75) is 26.9 Å². The normalized spacial score (nSPS) is 12.0. The summed E-state index contributed by atoms with van der Waals surface area (Å²) in [6.45, 7) is 5.37. The van der Waals surface area contributed by atoms with Crippen molar-refractivity contribution in [1.29, 1.82) is 0 Å². The van der Waals surface area contributed by atoms with E-state index in [1.54, 1.807) is 32.2 Å². The zero-order valence-electron chi connectivity index (χ0n) is 14.9. The van der Waals surface area contributed by atoms with Crippen molar-refractivity contribution in [2.24, 2.45) is 0 Å². The maximum absolute atomic E-state index is 12.5. The number of hydrogen-bond donors (Lipinski definition) is 0. The van der Waals surface area contributed by atoms with Gasteiger partial charge in [0.05, 0.1) is 7.11 Å². The lowest BCUT2D eigenvalue weighted by Crippen LogP contribution is -2.24. The lowest BCUT2D eigenvalue weighted by molar-refractivity contribution is -0.140. The molecule has 0 heterocycles. The van der Waals surface area contributed by atoms with E-state index < -0.39 is 12.1 Å². The van der Waals surface area contributed by atoms with Crippen LogP contribution in [-0.4, -0.2) is 25.0 Å². The molecule has 130 valence electrons. The second-order valence-corrected chi connectivity index (χ2v) is 5.87. The number of hydrogen-bond acceptors (Lipinski definition) is 4. The number of Topliss-reactive ketones (excluding diaryl/α,β-unsaturated/α-hetero) is 1. The van der Waals surface area contributed by atoms with Gasteiger partial charge in [-0.25, -0.2) is 4.79 Å². The van der Waals surface area contributed by atoms with Gasteiger partial charge < -0.3 is 9.47 Å². The molecule has 4 heteroatoms. The number of aryl methyl sites for hydroxylation is 2. The highest BCUT2D eigenvalue weighted by Gasteiger charge is 2.20. The quantitative estimate of drug-likeness (QED) is 0.451. The second-order valence-electron chi connectivity index (χ2n) is 5.87. The van der Waals surface area contributed by atoms with E-state index in [0.717, 1.165) is 22.4 Å². The number of ketones is 1. The molecule has 0 saturated heterocycles. The van der Waals surface area contributed by atoms with E-state index in [4.69, 9.17) is 9.47 Å². The second kappa shape index (κ2) is 8.29. The fraction of sp³-hybridized carbons (Fsp3) is 0.238. The van der Waals surface area contributed by atoms with E-state index in [-0.39, 0.29) is 5.78 Å². The third-order valence-corrected chi connectivity index (χ3v) is 3.85. The van der Waals surface area contributed by atoms with Gasteiger partial charge in [0, 0.05) is 11.6 Å². The number of rotatable bonds is 6. The van der Waals surface area contributed by atoms with E-state index in [1.165, 1.54) is 6.08 Å². The summed E-state index contributed by atoms with van der Waals surface area (Å²) in [5.74, 6) is -0.0122. The standard InChI is InChI=1S/C21H22O4/c1-14-5-6-15(2)19(13-14)21(23)16(3)25-20(22)12-9-17-7-10-18(24-4)11-8-17/h5-13,16H,1-4H3/b12-9+/t16-/m0/s1. The molecule has 0 unspecified atom stereocenters. The summed E-state index contributed by atoms with van der Waals surface area (Å²) in [6.07, 6.45) is 2.11. The molecule has 0 aliphatic heterocycles. The van der Waals surface area contributed by atoms with Crippen LogP contribution in [0.3, 0.4) is 0 Å². The van der Waals surface area contributed by atoms with E-state index in [0.29, 0.717) is 5.56 Å². The minimum atomic E-state index is -0.839. The van der Waals surface area contributed by atoms with Gasteiger partial charge in [-0.05, 0) is 56.2 Å². The van der Waals surface area contributed by atoms with Crippen molar-refractivity contribution >= 4 is 17.8 Å². The number of benzene rings is 2. The first kappa shape index (κ1) is 18.5. The molecule has 0 N–H and O–H groups in total. The van der Waals surface area contributed by atoms with E-state index in [2.05, 4.69) is 0 Å². The van der Waals surface area contributed by atoms with Gasteiger partial charge in [0.25, 0.3) is 0 Å². The molecule has 2 aromatic carbocycles. The molecule has 0 spiro atoms. The zero-order valence-corrected chi connectivity index (χ0v) is 14.9. The van der Waals surface area contributed by atoms with Crippen molar-refractivity contribution in [3.8, 4) is 5.75 Å². The average molecular weight is 338 g/mol. The van der Waals surface area contributed by atoms with Gasteiger partial charge in [-0.3, -0.25) is 4.79 Å².